The molecule has 0 saturated heterocycles. The molecule has 3 aromatic heterocycles. The Labute approximate surface area is 150 Å². The molecule has 1 radical (unpaired) electrons. The maximum absolute atomic E-state index is 5.89. The first-order valence-electron chi connectivity index (χ1n) is 7.88. The summed E-state index contributed by atoms with van der Waals surface area (Å²) in [4.78, 5) is 23.2. The molecule has 2 N–H and O–H groups in total. The normalized spacial score (nSPS) is 10.7. The first-order chi connectivity index (χ1) is 12.7. The van der Waals surface area contributed by atoms with E-state index in [1.165, 1.54) is 0 Å². The minimum atomic E-state index is 0.138. The van der Waals surface area contributed by atoms with Gasteiger partial charge in [0.05, 0.1) is 11.9 Å². The molecule has 8 heteroatoms. The zero-order chi connectivity index (χ0) is 17.9. The number of hydrogen-bond donors (Lipinski definition) is 1. The van der Waals surface area contributed by atoms with E-state index in [0.717, 1.165) is 16.9 Å². The van der Waals surface area contributed by atoms with Crippen molar-refractivity contribution in [3.63, 3.8) is 0 Å². The van der Waals surface area contributed by atoms with Gasteiger partial charge in [0.15, 0.2) is 0 Å². The topological polar surface area (TPSA) is 98.6 Å². The molecule has 0 aliphatic heterocycles. The Morgan fingerprint density at radius 2 is 1.92 bits per heavy atom. The third-order valence-corrected chi connectivity index (χ3v) is 3.80. The van der Waals surface area contributed by atoms with Crippen LogP contribution in [0.2, 0.25) is 0 Å². The minimum absolute atomic E-state index is 0.138. The first kappa shape index (κ1) is 15.7. The number of benzene rings is 1. The molecule has 3 heterocycles. The summed E-state index contributed by atoms with van der Waals surface area (Å²) < 4.78 is 1.70. The van der Waals surface area contributed by atoms with Gasteiger partial charge in [0.2, 0.25) is 17.8 Å². The van der Waals surface area contributed by atoms with Crippen molar-refractivity contribution in [3.05, 3.63) is 67.4 Å². The Morgan fingerprint density at radius 1 is 1.08 bits per heavy atom. The van der Waals surface area contributed by atoms with Crippen LogP contribution in [0, 0.1) is 6.20 Å². The molecule has 8 nitrogen and oxygen atoms in total. The molecule has 0 amide bonds. The number of aromatic nitrogens is 6. The van der Waals surface area contributed by atoms with E-state index in [2.05, 4.69) is 31.1 Å². The number of para-hydroxylation sites is 1. The van der Waals surface area contributed by atoms with Crippen molar-refractivity contribution in [3.8, 4) is 17.2 Å². The lowest BCUT2D eigenvalue weighted by molar-refractivity contribution is 0.887. The molecule has 0 saturated carbocycles. The molecular weight excluding hydrogens is 328 g/mol. The SMILES string of the molecule is CN(c1ccccc1)c1nc(N)nc(-n2cnc(-c3cc[c]nc3)c2)n1. The van der Waals surface area contributed by atoms with Crippen molar-refractivity contribution in [2.75, 3.05) is 17.7 Å². The van der Waals surface area contributed by atoms with Gasteiger partial charge in [-0.15, -0.1) is 0 Å². The average Bonchev–Trinajstić information content (AvgIpc) is 3.19. The highest BCUT2D eigenvalue weighted by Gasteiger charge is 2.13. The van der Waals surface area contributed by atoms with Crippen LogP contribution in [0.1, 0.15) is 0 Å². The number of pyridine rings is 1. The third-order valence-electron chi connectivity index (χ3n) is 3.80. The number of nitrogens with two attached hydrogens (primary N) is 1. The fourth-order valence-corrected chi connectivity index (χ4v) is 2.45. The molecule has 0 aliphatic rings. The molecule has 4 aromatic rings. The molecule has 127 valence electrons. The molecular formula is C18H15N8. The lowest BCUT2D eigenvalue weighted by Gasteiger charge is -2.17. The van der Waals surface area contributed by atoms with Gasteiger partial charge in [-0.3, -0.25) is 9.55 Å². The van der Waals surface area contributed by atoms with Crippen LogP contribution in [0.15, 0.2) is 61.2 Å². The number of nitrogens with zero attached hydrogens (tertiary/aromatic N) is 7. The van der Waals surface area contributed by atoms with Gasteiger partial charge in [0, 0.05) is 30.7 Å². The molecule has 0 fully saturated rings. The van der Waals surface area contributed by atoms with Crippen LogP contribution in [0.3, 0.4) is 0 Å². The summed E-state index contributed by atoms with van der Waals surface area (Å²) in [6.07, 6.45) is 7.89. The second-order valence-corrected chi connectivity index (χ2v) is 5.53. The van der Waals surface area contributed by atoms with Crippen LogP contribution in [0.25, 0.3) is 17.2 Å². The van der Waals surface area contributed by atoms with Crippen molar-refractivity contribution < 1.29 is 0 Å². The van der Waals surface area contributed by atoms with Crippen LogP contribution < -0.4 is 10.6 Å². The van der Waals surface area contributed by atoms with Crippen molar-refractivity contribution in [1.82, 2.24) is 29.5 Å². The Morgan fingerprint density at radius 3 is 2.69 bits per heavy atom. The lowest BCUT2D eigenvalue weighted by Crippen LogP contribution is -2.16. The van der Waals surface area contributed by atoms with Gasteiger partial charge in [-0.2, -0.15) is 15.0 Å². The number of anilines is 3. The summed E-state index contributed by atoms with van der Waals surface area (Å²) in [6.45, 7) is 0. The molecule has 26 heavy (non-hydrogen) atoms. The highest BCUT2D eigenvalue weighted by Crippen LogP contribution is 2.21. The predicted octanol–water partition coefficient (Wildman–Crippen LogP) is 2.27. The molecule has 0 bridgehead atoms. The quantitative estimate of drug-likeness (QED) is 0.607. The predicted molar refractivity (Wildman–Crippen MR) is 97.9 cm³/mol. The second kappa shape index (κ2) is 6.60. The molecule has 0 unspecified atom stereocenters. The standard InChI is InChI=1S/C18H15N8/c1-25(14-7-3-2-4-8-14)17-22-16(19)23-18(24-17)26-11-15(21-12-26)13-6-5-9-20-10-13/h2-8,10-12H,1H3,(H2,19,22,23,24). The Hall–Kier alpha value is -3.81. The molecule has 0 aliphatic carbocycles. The van der Waals surface area contributed by atoms with Crippen LogP contribution in [-0.4, -0.2) is 36.5 Å². The number of nitrogen functional groups attached to an aromatic ring is 1. The maximum Gasteiger partial charge on any atom is 0.241 e. The van der Waals surface area contributed by atoms with E-state index >= 15 is 0 Å². The van der Waals surface area contributed by atoms with Gasteiger partial charge in [-0.05, 0) is 24.3 Å². The summed E-state index contributed by atoms with van der Waals surface area (Å²) in [7, 11) is 1.87. The van der Waals surface area contributed by atoms with Gasteiger partial charge in [0.1, 0.15) is 6.33 Å². The third kappa shape index (κ3) is 3.07. The number of imidazole rings is 1. The van der Waals surface area contributed by atoms with Crippen LogP contribution in [-0.2, 0) is 0 Å². The van der Waals surface area contributed by atoms with Gasteiger partial charge < -0.3 is 10.6 Å². The van der Waals surface area contributed by atoms with E-state index < -0.39 is 0 Å². The van der Waals surface area contributed by atoms with Crippen molar-refractivity contribution in [1.29, 1.82) is 0 Å². The first-order valence-corrected chi connectivity index (χ1v) is 7.88. The van der Waals surface area contributed by atoms with Gasteiger partial charge in [0.25, 0.3) is 0 Å². The van der Waals surface area contributed by atoms with E-state index in [9.17, 15) is 0 Å². The Balaban J connectivity index is 1.70. The van der Waals surface area contributed by atoms with E-state index in [4.69, 9.17) is 5.73 Å². The molecule has 4 rings (SSSR count). The van der Waals surface area contributed by atoms with E-state index in [1.807, 2.05) is 54.5 Å². The molecule has 0 spiro atoms. The Bertz CT molecular complexity index is 1010. The number of rotatable bonds is 4. The molecule has 0 atom stereocenters. The summed E-state index contributed by atoms with van der Waals surface area (Å²) in [5.41, 5.74) is 8.47. The summed E-state index contributed by atoms with van der Waals surface area (Å²) in [5, 5.41) is 0. The van der Waals surface area contributed by atoms with Gasteiger partial charge in [-0.1, -0.05) is 18.2 Å². The second-order valence-electron chi connectivity index (χ2n) is 5.53. The zero-order valence-electron chi connectivity index (χ0n) is 14.0. The zero-order valence-corrected chi connectivity index (χ0v) is 14.0. The fourth-order valence-electron chi connectivity index (χ4n) is 2.45. The van der Waals surface area contributed by atoms with Crippen molar-refractivity contribution in [2.45, 2.75) is 0 Å². The van der Waals surface area contributed by atoms with Crippen LogP contribution in [0.5, 0.6) is 0 Å². The largest absolute Gasteiger partial charge is 0.368 e. The lowest BCUT2D eigenvalue weighted by atomic mass is 10.2. The van der Waals surface area contributed by atoms with E-state index in [0.29, 0.717) is 11.9 Å². The van der Waals surface area contributed by atoms with E-state index in [1.54, 1.807) is 23.2 Å². The Kier molecular flexibility index (Phi) is 3.98. The van der Waals surface area contributed by atoms with E-state index in [-0.39, 0.29) is 5.95 Å². The summed E-state index contributed by atoms with van der Waals surface area (Å²) in [5.74, 6) is 0.980. The highest BCUT2D eigenvalue weighted by molar-refractivity contribution is 5.58. The minimum Gasteiger partial charge on any atom is -0.368 e. The van der Waals surface area contributed by atoms with Gasteiger partial charge >= 0.3 is 0 Å². The van der Waals surface area contributed by atoms with Gasteiger partial charge in [-0.25, -0.2) is 4.98 Å². The summed E-state index contributed by atoms with van der Waals surface area (Å²) in [6, 6.07) is 13.4. The average molecular weight is 343 g/mol. The van der Waals surface area contributed by atoms with Crippen molar-refractivity contribution >= 4 is 17.6 Å². The maximum atomic E-state index is 5.89. The smallest absolute Gasteiger partial charge is 0.241 e. The number of hydrogen-bond acceptors (Lipinski definition) is 7. The fraction of sp³-hybridized carbons (Fsp3) is 0.0556. The summed E-state index contributed by atoms with van der Waals surface area (Å²) >= 11 is 0. The monoisotopic (exact) mass is 343 g/mol. The van der Waals surface area contributed by atoms with Crippen LogP contribution >= 0.6 is 0 Å². The van der Waals surface area contributed by atoms with Crippen molar-refractivity contribution in [2.24, 2.45) is 0 Å². The van der Waals surface area contributed by atoms with Crippen LogP contribution in [0.4, 0.5) is 17.6 Å². The highest BCUT2D eigenvalue weighted by atomic mass is 15.3. The molecule has 1 aromatic carbocycles.